The van der Waals surface area contributed by atoms with E-state index >= 15 is 0 Å². The van der Waals surface area contributed by atoms with Gasteiger partial charge in [0.05, 0.1) is 44.7 Å². The van der Waals surface area contributed by atoms with E-state index < -0.39 is 47.8 Å². The summed E-state index contributed by atoms with van der Waals surface area (Å²) in [5.74, 6) is 2.18. The molecule has 1 aromatic carbocycles. The van der Waals surface area contributed by atoms with Crippen molar-refractivity contribution >= 4 is 48.0 Å². The van der Waals surface area contributed by atoms with Gasteiger partial charge in [-0.05, 0) is 82.2 Å². The van der Waals surface area contributed by atoms with Gasteiger partial charge in [-0.3, -0.25) is 47.7 Å². The molecule has 0 saturated carbocycles. The second-order valence-electron chi connectivity index (χ2n) is 13.3. The smallest absolute Gasteiger partial charge is 0.392 e. The third-order valence-corrected chi connectivity index (χ3v) is 10.1. The van der Waals surface area contributed by atoms with Crippen LogP contribution in [0.4, 0.5) is 0 Å². The standard InChI is InChI=1S/C13H24N3O6P.C12H21N2O7P.C10H11O5P/c1-10(2)22-23(18,19)20-8-11-4-5-13(21-11)16(9-17)7-6-12(14)15-3;1-9(12(16)13-8-15)7-14(2)11-4-3-10(21-11)5-6-20-22(17,18)19;1-2-8-3-9(6-11)5-10(4-8)7-15-16(12,13)14/h6-7,9-11,13H,4-5,8H2,1-3H3,(H2,14,15)(H,18,19);7-8,10-11H,3-6H2,1-2H3,(H,13,15,16)(H2,17,18,19);1,3-5,11H,6-7H2,(H2,12,13,14)/b7-6-;9-7-;. The van der Waals surface area contributed by atoms with Crippen LogP contribution in [0, 0.1) is 12.3 Å². The van der Waals surface area contributed by atoms with Gasteiger partial charge >= 0.3 is 23.5 Å². The lowest BCUT2D eigenvalue weighted by Crippen LogP contribution is -2.31. The molecule has 0 radical (unpaired) electrons. The van der Waals surface area contributed by atoms with E-state index in [9.17, 15) is 33.0 Å². The molecule has 0 aromatic heterocycles. The Kier molecular flexibility index (Phi) is 24.9. The highest BCUT2D eigenvalue weighted by Crippen LogP contribution is 2.45. The van der Waals surface area contributed by atoms with Crippen LogP contribution in [-0.4, -0.2) is 122 Å². The highest BCUT2D eigenvalue weighted by Gasteiger charge is 2.32. The topological polar surface area (TPSA) is 336 Å². The molecule has 0 bridgehead atoms. The van der Waals surface area contributed by atoms with Gasteiger partial charge in [-0.2, -0.15) is 0 Å². The zero-order chi connectivity index (χ0) is 46.4. The number of carbonyl (C=O) groups excluding carboxylic acids is 3. The minimum Gasteiger partial charge on any atom is -0.392 e. The van der Waals surface area contributed by atoms with Gasteiger partial charge < -0.3 is 49.7 Å². The molecule has 3 rings (SSSR count). The number of aliphatic hydroxyl groups excluding tert-OH is 1. The van der Waals surface area contributed by atoms with Gasteiger partial charge in [-0.1, -0.05) is 12.0 Å². The van der Waals surface area contributed by atoms with Crippen molar-refractivity contribution in [1.82, 2.24) is 15.1 Å². The SMILES string of the molecule is C#Cc1cc(CO)cc(COP(=O)(O)O)c1.C/C(=C/N(C)C1CCC(CCOP(=O)(O)O)O1)C(=O)NC=O.CN=C(N)/C=C\N(C=O)C1CCC(COP(=O)(O)OC(C)C)O1. The van der Waals surface area contributed by atoms with Crippen LogP contribution in [0.3, 0.4) is 0 Å². The summed E-state index contributed by atoms with van der Waals surface area (Å²) in [6.07, 6.45) is 12.0. The van der Waals surface area contributed by atoms with Crippen LogP contribution in [0.1, 0.15) is 69.6 Å². The number of nitrogens with one attached hydrogen (secondary N) is 1. The minimum absolute atomic E-state index is 0.0814. The van der Waals surface area contributed by atoms with Crippen molar-refractivity contribution in [2.24, 2.45) is 10.7 Å². The Balaban J connectivity index is 0.000000465. The number of imide groups is 1. The largest absolute Gasteiger partial charge is 0.472 e. The number of aliphatic hydroxyl groups is 1. The molecule has 0 aliphatic carbocycles. The fraction of sp³-hybridized carbons (Fsp3) is 0.543. The molecular weight excluding hydrogens is 871 g/mol. The van der Waals surface area contributed by atoms with Crippen molar-refractivity contribution < 1.29 is 85.2 Å². The summed E-state index contributed by atoms with van der Waals surface area (Å²) in [5.41, 5.74) is 7.49. The number of aliphatic imine (C=N–C) groups is 1. The lowest BCUT2D eigenvalue weighted by molar-refractivity contribution is -0.127. The second kappa shape index (κ2) is 27.4. The monoisotopic (exact) mass is 927 g/mol. The summed E-state index contributed by atoms with van der Waals surface area (Å²) < 4.78 is 62.5. The third-order valence-electron chi connectivity index (χ3n) is 7.97. The van der Waals surface area contributed by atoms with E-state index in [1.165, 1.54) is 24.2 Å². The first-order valence-electron chi connectivity index (χ1n) is 18.3. The molecule has 23 nitrogen and oxygen atoms in total. The molecule has 2 heterocycles. The number of carbonyl (C=O) groups is 3. The first-order valence-corrected chi connectivity index (χ1v) is 22.8. The Labute approximate surface area is 354 Å². The van der Waals surface area contributed by atoms with Crippen LogP contribution in [0.15, 0.2) is 47.2 Å². The van der Waals surface area contributed by atoms with Gasteiger partial charge in [-0.15, -0.1) is 6.42 Å². The molecule has 5 atom stereocenters. The van der Waals surface area contributed by atoms with Crippen LogP contribution in [0.25, 0.3) is 0 Å². The fourth-order valence-electron chi connectivity index (χ4n) is 5.23. The van der Waals surface area contributed by atoms with Crippen molar-refractivity contribution in [3.8, 4) is 12.3 Å². The molecule has 5 unspecified atom stereocenters. The number of amidine groups is 1. The zero-order valence-corrected chi connectivity index (χ0v) is 37.0. The van der Waals surface area contributed by atoms with Crippen molar-refractivity contribution in [2.75, 3.05) is 27.3 Å². The summed E-state index contributed by atoms with van der Waals surface area (Å²) in [5, 5.41) is 11.0. The fourth-order valence-corrected chi connectivity index (χ4v) is 6.84. The maximum atomic E-state index is 11.6. The van der Waals surface area contributed by atoms with Crippen LogP contribution >= 0.6 is 23.5 Å². The third kappa shape index (κ3) is 24.5. The number of amides is 3. The summed E-state index contributed by atoms with van der Waals surface area (Å²) in [6, 6.07) is 4.74. The van der Waals surface area contributed by atoms with Gasteiger partial charge in [0.15, 0.2) is 0 Å². The Morgan fingerprint density at radius 2 is 1.61 bits per heavy atom. The van der Waals surface area contributed by atoms with Crippen molar-refractivity contribution in [2.45, 2.75) is 96.9 Å². The van der Waals surface area contributed by atoms with Crippen LogP contribution in [0.5, 0.6) is 0 Å². The van der Waals surface area contributed by atoms with Crippen LogP contribution in [-0.2, 0) is 68.9 Å². The number of benzene rings is 1. The number of rotatable bonds is 21. The molecule has 344 valence electrons. The number of hydrogen-bond acceptors (Lipinski definition) is 15. The molecule has 2 saturated heterocycles. The molecule has 3 amide bonds. The van der Waals surface area contributed by atoms with Crippen LogP contribution in [0.2, 0.25) is 0 Å². The van der Waals surface area contributed by atoms with Gasteiger partial charge in [0, 0.05) is 37.6 Å². The zero-order valence-electron chi connectivity index (χ0n) is 34.3. The molecule has 9 N–H and O–H groups in total. The van der Waals surface area contributed by atoms with E-state index in [0.717, 1.165) is 12.8 Å². The maximum Gasteiger partial charge on any atom is 0.472 e. The number of nitrogens with zero attached hydrogens (tertiary/aromatic N) is 3. The van der Waals surface area contributed by atoms with Crippen molar-refractivity contribution in [1.29, 1.82) is 0 Å². The summed E-state index contributed by atoms with van der Waals surface area (Å²) in [4.78, 5) is 83.3. The van der Waals surface area contributed by atoms with Gasteiger partial charge in [0.1, 0.15) is 18.3 Å². The molecule has 2 fully saturated rings. The molecule has 0 spiro atoms. The Morgan fingerprint density at radius 3 is 2.16 bits per heavy atom. The maximum absolute atomic E-state index is 11.6. The normalized spacial score (nSPS) is 20.4. The number of ether oxygens (including phenoxy) is 2. The second-order valence-corrected chi connectivity index (χ2v) is 17.2. The van der Waals surface area contributed by atoms with E-state index in [1.54, 1.807) is 57.1 Å². The van der Waals surface area contributed by atoms with E-state index in [-0.39, 0.29) is 44.6 Å². The predicted octanol–water partition coefficient (Wildman–Crippen LogP) is 1.86. The van der Waals surface area contributed by atoms with E-state index in [2.05, 4.69) is 20.0 Å². The predicted molar refractivity (Wildman–Crippen MR) is 218 cm³/mol. The average Bonchev–Trinajstić information content (AvgIpc) is 3.86. The summed E-state index contributed by atoms with van der Waals surface area (Å²) in [6.45, 7) is 4.22. The first kappa shape index (κ1) is 55.4. The highest BCUT2D eigenvalue weighted by atomic mass is 31.2. The Morgan fingerprint density at radius 1 is 1.00 bits per heavy atom. The number of nitrogens with two attached hydrogens (primary N) is 1. The van der Waals surface area contributed by atoms with E-state index in [1.807, 2.05) is 5.32 Å². The highest BCUT2D eigenvalue weighted by molar-refractivity contribution is 7.47. The van der Waals surface area contributed by atoms with E-state index in [4.69, 9.17) is 55.4 Å². The van der Waals surface area contributed by atoms with Gasteiger partial charge in [-0.25, -0.2) is 13.7 Å². The molecule has 26 heteroatoms. The average molecular weight is 928 g/mol. The number of phosphoric acid groups is 3. The Bertz CT molecular complexity index is 1850. The summed E-state index contributed by atoms with van der Waals surface area (Å²) >= 11 is 0. The van der Waals surface area contributed by atoms with Gasteiger partial charge in [0.25, 0.3) is 5.91 Å². The lowest BCUT2D eigenvalue weighted by Gasteiger charge is -2.23. The first-order chi connectivity index (χ1) is 28.4. The van der Waals surface area contributed by atoms with Crippen molar-refractivity contribution in [3.63, 3.8) is 0 Å². The molecule has 1 aromatic rings. The van der Waals surface area contributed by atoms with Gasteiger partial charge in [0.2, 0.25) is 12.8 Å². The van der Waals surface area contributed by atoms with Crippen molar-refractivity contribution in [3.05, 3.63) is 58.9 Å². The number of phosphoric ester groups is 3. The summed E-state index contributed by atoms with van der Waals surface area (Å²) in [7, 11) is -9.74. The molecular formula is C35H56N5O18P3. The number of terminal acetylenes is 1. The Hall–Kier alpha value is -3.65. The lowest BCUT2D eigenvalue weighted by atomic mass is 10.1. The quantitative estimate of drug-likeness (QED) is 0.0218. The molecule has 2 aliphatic heterocycles. The minimum atomic E-state index is -4.49. The van der Waals surface area contributed by atoms with E-state index in [0.29, 0.717) is 54.3 Å². The number of hydrogen-bond donors (Lipinski definition) is 8. The molecule has 61 heavy (non-hydrogen) atoms. The molecule has 2 aliphatic rings. The van der Waals surface area contributed by atoms with Crippen LogP contribution < -0.4 is 11.1 Å².